The molecular formula is C24H33N3O4S. The average molecular weight is 460 g/mol. The number of carbonyl (C=O) groups is 1. The van der Waals surface area contributed by atoms with Gasteiger partial charge in [0.2, 0.25) is 15.5 Å². The maximum atomic E-state index is 13.3. The van der Waals surface area contributed by atoms with Crippen molar-refractivity contribution in [3.8, 4) is 0 Å². The van der Waals surface area contributed by atoms with Crippen LogP contribution in [0.1, 0.15) is 62.7 Å². The van der Waals surface area contributed by atoms with E-state index in [1.54, 1.807) is 36.8 Å². The topological polar surface area (TPSA) is 88.5 Å². The Balaban J connectivity index is 2.09. The number of hydrogen-bond donors (Lipinski definition) is 1. The van der Waals surface area contributed by atoms with Gasteiger partial charge >= 0.3 is 0 Å². The van der Waals surface area contributed by atoms with Crippen LogP contribution in [0.2, 0.25) is 0 Å². The van der Waals surface area contributed by atoms with Crippen LogP contribution in [0, 0.1) is 0 Å². The van der Waals surface area contributed by atoms with E-state index in [9.17, 15) is 18.0 Å². The lowest BCUT2D eigenvalue weighted by molar-refractivity contribution is 0.0931. The normalized spacial score (nSPS) is 15.6. The molecule has 0 atom stereocenters. The summed E-state index contributed by atoms with van der Waals surface area (Å²) in [5, 5.41) is 3.24. The second-order valence-corrected chi connectivity index (χ2v) is 10.2. The highest BCUT2D eigenvalue weighted by Crippen LogP contribution is 2.22. The summed E-state index contributed by atoms with van der Waals surface area (Å²) in [5.74, 6) is -0.404. The summed E-state index contributed by atoms with van der Waals surface area (Å²) < 4.78 is 29.1. The van der Waals surface area contributed by atoms with Crippen LogP contribution < -0.4 is 10.7 Å². The first-order chi connectivity index (χ1) is 15.3. The zero-order valence-electron chi connectivity index (χ0n) is 19.0. The van der Waals surface area contributed by atoms with Gasteiger partial charge in [-0.25, -0.2) is 8.42 Å². The second kappa shape index (κ2) is 10.4. The van der Waals surface area contributed by atoms with Crippen LogP contribution >= 0.6 is 0 Å². The molecule has 1 amide bonds. The highest BCUT2D eigenvalue weighted by Gasteiger charge is 2.24. The Morgan fingerprint density at radius 1 is 1.19 bits per heavy atom. The molecule has 32 heavy (non-hydrogen) atoms. The first-order valence-corrected chi connectivity index (χ1v) is 12.9. The largest absolute Gasteiger partial charge is 0.349 e. The molecule has 3 rings (SSSR count). The molecule has 0 saturated heterocycles. The number of rotatable bonds is 8. The summed E-state index contributed by atoms with van der Waals surface area (Å²) in [6.07, 6.45) is 9.51. The van der Waals surface area contributed by atoms with Gasteiger partial charge in [0.25, 0.3) is 5.91 Å². The van der Waals surface area contributed by atoms with E-state index in [0.717, 1.165) is 38.5 Å². The quantitative estimate of drug-likeness (QED) is 0.482. The van der Waals surface area contributed by atoms with Crippen molar-refractivity contribution in [2.45, 2.75) is 69.9 Å². The van der Waals surface area contributed by atoms with Crippen molar-refractivity contribution in [2.75, 3.05) is 13.1 Å². The van der Waals surface area contributed by atoms with Gasteiger partial charge in [-0.3, -0.25) is 9.59 Å². The van der Waals surface area contributed by atoms with E-state index >= 15 is 0 Å². The molecule has 8 heteroatoms. The molecule has 1 aromatic heterocycles. The molecule has 1 aliphatic carbocycles. The van der Waals surface area contributed by atoms with Crippen LogP contribution in [0.3, 0.4) is 0 Å². The minimum Gasteiger partial charge on any atom is -0.349 e. The maximum absolute atomic E-state index is 13.3. The molecule has 1 aromatic carbocycles. The van der Waals surface area contributed by atoms with Crippen molar-refractivity contribution >= 4 is 26.8 Å². The number of benzene rings is 1. The molecular weight excluding hydrogens is 426 g/mol. The number of fused-ring (bicyclic) bond motifs is 1. The van der Waals surface area contributed by atoms with Gasteiger partial charge in [-0.05, 0) is 31.0 Å². The molecule has 7 nitrogen and oxygen atoms in total. The van der Waals surface area contributed by atoms with Gasteiger partial charge in [-0.1, -0.05) is 45.6 Å². The highest BCUT2D eigenvalue weighted by molar-refractivity contribution is 7.89. The van der Waals surface area contributed by atoms with Crippen LogP contribution in [0.4, 0.5) is 0 Å². The average Bonchev–Trinajstić information content (AvgIpc) is 3.04. The SMILES string of the molecule is C=CCn1cc(C(=O)NC2CCCCCC2)c(=O)c2cc(S(=O)(=O)N(CC)CC)ccc21. The molecule has 1 saturated carbocycles. The Morgan fingerprint density at radius 3 is 2.44 bits per heavy atom. The fraction of sp³-hybridized carbons (Fsp3) is 0.500. The van der Waals surface area contributed by atoms with Gasteiger partial charge in [0, 0.05) is 37.3 Å². The number of pyridine rings is 1. The van der Waals surface area contributed by atoms with E-state index in [-0.39, 0.29) is 21.9 Å². The molecule has 0 spiro atoms. The van der Waals surface area contributed by atoms with Crippen molar-refractivity contribution < 1.29 is 13.2 Å². The summed E-state index contributed by atoms with van der Waals surface area (Å²) in [7, 11) is -3.73. The number of nitrogens with zero attached hydrogens (tertiary/aromatic N) is 2. The van der Waals surface area contributed by atoms with Crippen molar-refractivity contribution in [3.05, 3.63) is 52.8 Å². The van der Waals surface area contributed by atoms with Crippen molar-refractivity contribution in [1.82, 2.24) is 14.2 Å². The Morgan fingerprint density at radius 2 is 1.84 bits per heavy atom. The third kappa shape index (κ3) is 4.96. The van der Waals surface area contributed by atoms with Crippen LogP contribution in [-0.2, 0) is 16.6 Å². The number of carbonyl (C=O) groups excluding carboxylic acids is 1. The summed E-state index contributed by atoms with van der Waals surface area (Å²) in [6.45, 7) is 8.37. The third-order valence-corrected chi connectivity index (χ3v) is 8.20. The number of hydrogen-bond acceptors (Lipinski definition) is 4. The number of nitrogens with one attached hydrogen (secondary N) is 1. The van der Waals surface area contributed by atoms with E-state index in [1.165, 1.54) is 16.4 Å². The number of sulfonamides is 1. The van der Waals surface area contributed by atoms with Gasteiger partial charge in [0.05, 0.1) is 10.4 Å². The lowest BCUT2D eigenvalue weighted by Gasteiger charge is -2.20. The predicted octanol–water partition coefficient (Wildman–Crippen LogP) is 3.67. The molecule has 1 heterocycles. The van der Waals surface area contributed by atoms with Crippen LogP contribution in [0.25, 0.3) is 10.9 Å². The fourth-order valence-electron chi connectivity index (χ4n) is 4.39. The molecule has 1 fully saturated rings. The minimum atomic E-state index is -3.73. The van der Waals surface area contributed by atoms with Gasteiger partial charge in [0.1, 0.15) is 5.56 Å². The minimum absolute atomic E-state index is 0.0287. The van der Waals surface area contributed by atoms with Crippen LogP contribution in [0.15, 0.2) is 46.7 Å². The summed E-state index contributed by atoms with van der Waals surface area (Å²) in [6, 6.07) is 4.60. The molecule has 0 bridgehead atoms. The zero-order chi connectivity index (χ0) is 23.3. The van der Waals surface area contributed by atoms with Gasteiger partial charge < -0.3 is 9.88 Å². The molecule has 0 aliphatic heterocycles. The molecule has 2 aromatic rings. The standard InChI is InChI=1S/C24H33N3O4S/c1-4-15-26-17-21(24(29)25-18-11-9-7-8-10-12-18)23(28)20-16-19(13-14-22(20)26)32(30,31)27(5-2)6-3/h4,13-14,16-18H,1,5-12,15H2,2-3H3,(H,25,29). The lowest BCUT2D eigenvalue weighted by Crippen LogP contribution is -2.37. The second-order valence-electron chi connectivity index (χ2n) is 8.24. The van der Waals surface area contributed by atoms with E-state index < -0.39 is 21.4 Å². The lowest BCUT2D eigenvalue weighted by atomic mass is 10.1. The van der Waals surface area contributed by atoms with E-state index in [0.29, 0.717) is 25.2 Å². The predicted molar refractivity (Wildman–Crippen MR) is 127 cm³/mol. The first-order valence-electron chi connectivity index (χ1n) is 11.4. The van der Waals surface area contributed by atoms with Crippen molar-refractivity contribution in [1.29, 1.82) is 0 Å². The Kier molecular flexibility index (Phi) is 7.90. The summed E-state index contributed by atoms with van der Waals surface area (Å²) >= 11 is 0. The van der Waals surface area contributed by atoms with Crippen molar-refractivity contribution in [2.24, 2.45) is 0 Å². The Hall–Kier alpha value is -2.45. The fourth-order valence-corrected chi connectivity index (χ4v) is 5.87. The zero-order valence-corrected chi connectivity index (χ0v) is 19.8. The molecule has 174 valence electrons. The monoisotopic (exact) mass is 459 g/mol. The van der Waals surface area contributed by atoms with Gasteiger partial charge in [-0.2, -0.15) is 4.31 Å². The number of allylic oxidation sites excluding steroid dienone is 1. The smallest absolute Gasteiger partial charge is 0.256 e. The maximum Gasteiger partial charge on any atom is 0.256 e. The Bertz CT molecular complexity index is 1140. The molecule has 0 radical (unpaired) electrons. The number of aromatic nitrogens is 1. The van der Waals surface area contributed by atoms with Crippen LogP contribution in [0.5, 0.6) is 0 Å². The summed E-state index contributed by atoms with van der Waals surface area (Å²) in [5.41, 5.74) is 0.142. The van der Waals surface area contributed by atoms with E-state index in [4.69, 9.17) is 0 Å². The first kappa shape index (κ1) is 24.2. The Labute approximate surface area is 190 Å². The highest BCUT2D eigenvalue weighted by atomic mass is 32.2. The summed E-state index contributed by atoms with van der Waals surface area (Å²) in [4.78, 5) is 26.4. The van der Waals surface area contributed by atoms with E-state index in [1.807, 2.05) is 0 Å². The molecule has 1 aliphatic rings. The van der Waals surface area contributed by atoms with Crippen LogP contribution in [-0.4, -0.2) is 42.3 Å². The van der Waals surface area contributed by atoms with Gasteiger partial charge in [0.15, 0.2) is 0 Å². The molecule has 0 unspecified atom stereocenters. The number of amides is 1. The molecule has 1 N–H and O–H groups in total. The third-order valence-electron chi connectivity index (χ3n) is 6.16. The van der Waals surface area contributed by atoms with E-state index in [2.05, 4.69) is 11.9 Å². The van der Waals surface area contributed by atoms with Gasteiger partial charge in [-0.15, -0.1) is 6.58 Å². The van der Waals surface area contributed by atoms with Crippen molar-refractivity contribution in [3.63, 3.8) is 0 Å².